The van der Waals surface area contributed by atoms with Gasteiger partial charge in [0.05, 0.1) is 10.2 Å². The van der Waals surface area contributed by atoms with Crippen molar-refractivity contribution in [1.29, 1.82) is 0 Å². The number of hydrogen-bond acceptors (Lipinski definition) is 3. The van der Waals surface area contributed by atoms with Gasteiger partial charge in [0, 0.05) is 6.54 Å². The van der Waals surface area contributed by atoms with Gasteiger partial charge in [-0.15, -0.1) is 0 Å². The molecule has 1 atom stereocenters. The zero-order valence-electron chi connectivity index (χ0n) is 12.2. The van der Waals surface area contributed by atoms with Crippen molar-refractivity contribution in [2.75, 3.05) is 6.54 Å². The fourth-order valence-electron chi connectivity index (χ4n) is 1.61. The minimum absolute atomic E-state index is 0.198. The predicted octanol–water partition coefficient (Wildman–Crippen LogP) is 1.94. The number of amides is 2. The van der Waals surface area contributed by atoms with Gasteiger partial charge in [-0.05, 0) is 35.2 Å². The lowest BCUT2D eigenvalue weighted by Gasteiger charge is -2.13. The maximum absolute atomic E-state index is 12.1. The summed E-state index contributed by atoms with van der Waals surface area (Å²) < 4.78 is 0.645. The van der Waals surface area contributed by atoms with Gasteiger partial charge in [-0.1, -0.05) is 20.8 Å². The molecule has 7 heteroatoms. The molecule has 6 nitrogen and oxygen atoms in total. The van der Waals surface area contributed by atoms with Crippen LogP contribution in [0.15, 0.2) is 4.47 Å². The van der Waals surface area contributed by atoms with Gasteiger partial charge in [-0.25, -0.2) is 0 Å². The van der Waals surface area contributed by atoms with Crippen LogP contribution in [0.4, 0.5) is 0 Å². The summed E-state index contributed by atoms with van der Waals surface area (Å²) in [4.78, 5) is 23.8. The molecule has 0 unspecified atom stereocenters. The third-order valence-corrected chi connectivity index (χ3v) is 3.62. The maximum Gasteiger partial charge on any atom is 0.273 e. The van der Waals surface area contributed by atoms with E-state index in [1.165, 1.54) is 0 Å². The summed E-state index contributed by atoms with van der Waals surface area (Å²) in [7, 11) is 0. The largest absolute Gasteiger partial charge is 0.354 e. The molecule has 0 aliphatic carbocycles. The molecule has 0 bridgehead atoms. The average Bonchev–Trinajstić information content (AvgIpc) is 2.77. The molecule has 0 spiro atoms. The number of carbonyl (C=O) groups is 2. The van der Waals surface area contributed by atoms with Gasteiger partial charge in [0.1, 0.15) is 6.04 Å². The van der Waals surface area contributed by atoms with Gasteiger partial charge < -0.3 is 10.6 Å². The lowest BCUT2D eigenvalue weighted by molar-refractivity contribution is -0.122. The van der Waals surface area contributed by atoms with Gasteiger partial charge in [-0.2, -0.15) is 5.10 Å². The van der Waals surface area contributed by atoms with E-state index in [9.17, 15) is 9.59 Å². The van der Waals surface area contributed by atoms with E-state index < -0.39 is 6.04 Å². The van der Waals surface area contributed by atoms with Crippen molar-refractivity contribution in [3.63, 3.8) is 0 Å². The smallest absolute Gasteiger partial charge is 0.273 e. The number of H-pyrrole nitrogens is 1. The van der Waals surface area contributed by atoms with E-state index in [-0.39, 0.29) is 23.4 Å². The van der Waals surface area contributed by atoms with Crippen LogP contribution < -0.4 is 10.6 Å². The number of rotatable bonds is 6. The molecule has 3 N–H and O–H groups in total. The first-order valence-electron chi connectivity index (χ1n) is 6.70. The zero-order valence-corrected chi connectivity index (χ0v) is 13.8. The summed E-state index contributed by atoms with van der Waals surface area (Å²) in [5.74, 6) is -0.348. The SMILES string of the molecule is CCCNC(=O)[C@H](C)NC(=O)c1n[nH]c(C(C)C)c1Br. The minimum Gasteiger partial charge on any atom is -0.354 e. The highest BCUT2D eigenvalue weighted by Crippen LogP contribution is 2.25. The molecule has 1 aromatic rings. The van der Waals surface area contributed by atoms with E-state index in [1.54, 1.807) is 6.92 Å². The number of hydrogen-bond donors (Lipinski definition) is 3. The van der Waals surface area contributed by atoms with Gasteiger partial charge in [0.25, 0.3) is 5.91 Å². The van der Waals surface area contributed by atoms with Crippen LogP contribution in [-0.2, 0) is 4.79 Å². The number of carbonyl (C=O) groups excluding carboxylic acids is 2. The second kappa shape index (κ2) is 7.42. The highest BCUT2D eigenvalue weighted by Gasteiger charge is 2.22. The molecule has 0 aromatic carbocycles. The summed E-state index contributed by atoms with van der Waals surface area (Å²) in [5.41, 5.74) is 1.13. The standard InChI is InChI=1S/C13H21BrN4O2/c1-5-6-15-12(19)8(4)16-13(20)11-9(14)10(7(2)3)17-18-11/h7-8H,5-6H2,1-4H3,(H,15,19)(H,16,20)(H,17,18)/t8-/m0/s1. The van der Waals surface area contributed by atoms with Crippen molar-refractivity contribution < 1.29 is 9.59 Å². The van der Waals surface area contributed by atoms with Crippen LogP contribution >= 0.6 is 15.9 Å². The Morgan fingerprint density at radius 3 is 2.50 bits per heavy atom. The Labute approximate surface area is 127 Å². The summed E-state index contributed by atoms with van der Waals surface area (Å²) >= 11 is 3.37. The van der Waals surface area contributed by atoms with Crippen molar-refractivity contribution in [1.82, 2.24) is 20.8 Å². The quantitative estimate of drug-likeness (QED) is 0.736. The minimum atomic E-state index is -0.597. The van der Waals surface area contributed by atoms with Gasteiger partial charge in [-0.3, -0.25) is 14.7 Å². The molecule has 0 saturated heterocycles. The monoisotopic (exact) mass is 344 g/mol. The Morgan fingerprint density at radius 1 is 1.35 bits per heavy atom. The van der Waals surface area contributed by atoms with E-state index >= 15 is 0 Å². The molecular formula is C13H21BrN4O2. The van der Waals surface area contributed by atoms with E-state index in [0.717, 1.165) is 12.1 Å². The van der Waals surface area contributed by atoms with E-state index in [4.69, 9.17) is 0 Å². The number of halogens is 1. The van der Waals surface area contributed by atoms with Crippen LogP contribution in [0, 0.1) is 0 Å². The third kappa shape index (κ3) is 4.06. The highest BCUT2D eigenvalue weighted by molar-refractivity contribution is 9.10. The van der Waals surface area contributed by atoms with Gasteiger partial charge in [0.15, 0.2) is 5.69 Å². The van der Waals surface area contributed by atoms with Crippen molar-refractivity contribution in [3.05, 3.63) is 15.9 Å². The second-order valence-corrected chi connectivity index (χ2v) is 5.73. The summed E-state index contributed by atoms with van der Waals surface area (Å²) in [6, 6.07) is -0.597. The molecule has 2 amide bonds. The molecule has 0 aliphatic rings. The summed E-state index contributed by atoms with van der Waals surface area (Å²) in [6.07, 6.45) is 0.856. The van der Waals surface area contributed by atoms with Crippen molar-refractivity contribution in [3.8, 4) is 0 Å². The molecule has 0 fully saturated rings. The molecule has 20 heavy (non-hydrogen) atoms. The number of aromatic amines is 1. The van der Waals surface area contributed by atoms with E-state index in [2.05, 4.69) is 36.8 Å². The van der Waals surface area contributed by atoms with Crippen molar-refractivity contribution in [2.24, 2.45) is 0 Å². The Balaban J connectivity index is 2.69. The molecular weight excluding hydrogens is 324 g/mol. The number of nitrogens with one attached hydrogen (secondary N) is 3. The first kappa shape index (κ1) is 16.7. The molecule has 0 saturated carbocycles. The first-order valence-corrected chi connectivity index (χ1v) is 7.50. The van der Waals surface area contributed by atoms with E-state index in [0.29, 0.717) is 11.0 Å². The van der Waals surface area contributed by atoms with Gasteiger partial charge >= 0.3 is 0 Å². The number of aromatic nitrogens is 2. The maximum atomic E-state index is 12.1. The van der Waals surface area contributed by atoms with Crippen LogP contribution in [0.5, 0.6) is 0 Å². The average molecular weight is 345 g/mol. The third-order valence-electron chi connectivity index (χ3n) is 2.82. The lowest BCUT2D eigenvalue weighted by Crippen LogP contribution is -2.45. The van der Waals surface area contributed by atoms with Crippen LogP contribution in [0.25, 0.3) is 0 Å². The topological polar surface area (TPSA) is 86.9 Å². The Kier molecular flexibility index (Phi) is 6.19. The lowest BCUT2D eigenvalue weighted by atomic mass is 10.1. The summed E-state index contributed by atoms with van der Waals surface area (Å²) in [5, 5.41) is 12.2. The normalized spacial score (nSPS) is 12.3. The predicted molar refractivity (Wildman–Crippen MR) is 80.6 cm³/mol. The second-order valence-electron chi connectivity index (χ2n) is 4.94. The van der Waals surface area contributed by atoms with Gasteiger partial charge in [0.2, 0.25) is 5.91 Å². The fourth-order valence-corrected chi connectivity index (χ4v) is 2.42. The Bertz CT molecular complexity index is 485. The summed E-state index contributed by atoms with van der Waals surface area (Å²) in [6.45, 7) is 8.22. The van der Waals surface area contributed by atoms with Crippen LogP contribution in [0.2, 0.25) is 0 Å². The molecule has 0 aliphatic heterocycles. The highest BCUT2D eigenvalue weighted by atomic mass is 79.9. The fraction of sp³-hybridized carbons (Fsp3) is 0.615. The van der Waals surface area contributed by atoms with Crippen molar-refractivity contribution >= 4 is 27.7 Å². The molecule has 1 aromatic heterocycles. The Hall–Kier alpha value is -1.37. The molecule has 112 valence electrons. The van der Waals surface area contributed by atoms with Crippen molar-refractivity contribution in [2.45, 2.75) is 46.1 Å². The van der Waals surface area contributed by atoms with Crippen LogP contribution in [0.3, 0.4) is 0 Å². The first-order chi connectivity index (χ1) is 9.38. The van der Waals surface area contributed by atoms with E-state index in [1.807, 2.05) is 20.8 Å². The molecule has 1 rings (SSSR count). The Morgan fingerprint density at radius 2 is 2.00 bits per heavy atom. The molecule has 1 heterocycles. The molecule has 0 radical (unpaired) electrons. The van der Waals surface area contributed by atoms with Crippen LogP contribution in [-0.4, -0.2) is 34.6 Å². The number of nitrogens with zero attached hydrogens (tertiary/aromatic N) is 1. The van der Waals surface area contributed by atoms with Crippen LogP contribution in [0.1, 0.15) is 56.2 Å². The zero-order chi connectivity index (χ0) is 15.3.